The predicted molar refractivity (Wildman–Crippen MR) is 121 cm³/mol. The fraction of sp³-hybridized carbons (Fsp3) is 0.143. The van der Waals surface area contributed by atoms with Gasteiger partial charge in [0.05, 0.1) is 12.3 Å². The molecule has 2 aromatic carbocycles. The maximum absolute atomic E-state index is 12.4. The number of hydrogen-bond acceptors (Lipinski definition) is 5. The third-order valence-corrected chi connectivity index (χ3v) is 4.50. The van der Waals surface area contributed by atoms with Crippen molar-refractivity contribution in [2.45, 2.75) is 19.9 Å². The standard InChI is InChI=1S/C21H21N5O3S/c1-2-16(24-25-20(30)22-15-11-7-4-8-12-15)17-18(27)23-21(29)26(19(17)28)13-14-9-5-3-6-10-14/h3-12,28H,2,13H2,1H3,(H2,22,25,30)(H,23,27,29)/b24-16+. The zero-order chi connectivity index (χ0) is 21.5. The highest BCUT2D eigenvalue weighted by atomic mass is 32.1. The maximum atomic E-state index is 12.4. The average Bonchev–Trinajstić information content (AvgIpc) is 2.74. The van der Waals surface area contributed by atoms with E-state index in [1.807, 2.05) is 60.7 Å². The highest BCUT2D eigenvalue weighted by Crippen LogP contribution is 2.15. The fourth-order valence-electron chi connectivity index (χ4n) is 2.84. The third-order valence-electron chi connectivity index (χ3n) is 4.30. The number of rotatable bonds is 6. The van der Waals surface area contributed by atoms with Gasteiger partial charge in [0.25, 0.3) is 5.56 Å². The Balaban J connectivity index is 1.89. The first-order valence-electron chi connectivity index (χ1n) is 9.28. The Bertz CT molecular complexity index is 1170. The molecule has 30 heavy (non-hydrogen) atoms. The largest absolute Gasteiger partial charge is 0.494 e. The van der Waals surface area contributed by atoms with Gasteiger partial charge in [-0.15, -0.1) is 0 Å². The zero-order valence-corrected chi connectivity index (χ0v) is 17.1. The van der Waals surface area contributed by atoms with Crippen molar-refractivity contribution in [2.24, 2.45) is 5.10 Å². The highest BCUT2D eigenvalue weighted by Gasteiger charge is 2.19. The number of aromatic amines is 1. The molecular weight excluding hydrogens is 402 g/mol. The van der Waals surface area contributed by atoms with Crippen LogP contribution < -0.4 is 22.0 Å². The lowest BCUT2D eigenvalue weighted by molar-refractivity contribution is 0.407. The minimum atomic E-state index is -0.717. The predicted octanol–water partition coefficient (Wildman–Crippen LogP) is 2.39. The van der Waals surface area contributed by atoms with Gasteiger partial charge in [-0.05, 0) is 36.3 Å². The monoisotopic (exact) mass is 423 g/mol. The van der Waals surface area contributed by atoms with E-state index in [1.54, 1.807) is 6.92 Å². The topological polar surface area (TPSA) is 112 Å². The molecule has 0 aliphatic carbocycles. The molecule has 3 aromatic rings. The van der Waals surface area contributed by atoms with Gasteiger partial charge in [0.15, 0.2) is 5.11 Å². The lowest BCUT2D eigenvalue weighted by Gasteiger charge is -2.13. The molecule has 0 aliphatic heterocycles. The molecule has 3 rings (SSSR count). The number of thiocarbonyl (C=S) groups is 1. The Morgan fingerprint density at radius 2 is 1.73 bits per heavy atom. The normalized spacial score (nSPS) is 11.2. The molecule has 8 nitrogen and oxygen atoms in total. The van der Waals surface area contributed by atoms with Gasteiger partial charge in [-0.1, -0.05) is 55.5 Å². The summed E-state index contributed by atoms with van der Waals surface area (Å²) >= 11 is 5.22. The summed E-state index contributed by atoms with van der Waals surface area (Å²) in [6, 6.07) is 18.4. The molecule has 0 spiro atoms. The number of anilines is 1. The van der Waals surface area contributed by atoms with Crippen molar-refractivity contribution in [1.82, 2.24) is 15.0 Å². The number of H-pyrrole nitrogens is 1. The first-order valence-corrected chi connectivity index (χ1v) is 9.69. The molecule has 154 valence electrons. The van der Waals surface area contributed by atoms with E-state index < -0.39 is 17.1 Å². The number of aromatic hydroxyl groups is 1. The summed E-state index contributed by atoms with van der Waals surface area (Å²) in [5, 5.41) is 18.1. The molecule has 4 N–H and O–H groups in total. The maximum Gasteiger partial charge on any atom is 0.331 e. The van der Waals surface area contributed by atoms with Crippen molar-refractivity contribution in [3.8, 4) is 5.88 Å². The van der Waals surface area contributed by atoms with Crippen molar-refractivity contribution < 1.29 is 5.11 Å². The van der Waals surface area contributed by atoms with Crippen LogP contribution in [0.1, 0.15) is 24.5 Å². The second kappa shape index (κ2) is 9.66. The quantitative estimate of drug-likeness (QED) is 0.275. The van der Waals surface area contributed by atoms with Crippen LogP contribution in [0.4, 0.5) is 5.69 Å². The molecule has 0 saturated heterocycles. The number of benzene rings is 2. The lowest BCUT2D eigenvalue weighted by Crippen LogP contribution is -2.35. The van der Waals surface area contributed by atoms with E-state index >= 15 is 0 Å². The van der Waals surface area contributed by atoms with Crippen molar-refractivity contribution in [1.29, 1.82) is 0 Å². The van der Waals surface area contributed by atoms with Gasteiger partial charge in [-0.2, -0.15) is 5.10 Å². The van der Waals surface area contributed by atoms with Gasteiger partial charge in [-0.25, -0.2) is 4.79 Å². The summed E-state index contributed by atoms with van der Waals surface area (Å²) in [6.07, 6.45) is 0.321. The van der Waals surface area contributed by atoms with Gasteiger partial charge in [-0.3, -0.25) is 19.8 Å². The first-order chi connectivity index (χ1) is 14.5. The Morgan fingerprint density at radius 1 is 1.10 bits per heavy atom. The van der Waals surface area contributed by atoms with Crippen LogP contribution in [0, 0.1) is 0 Å². The molecule has 0 bridgehead atoms. The van der Waals surface area contributed by atoms with E-state index in [0.29, 0.717) is 6.42 Å². The molecule has 9 heteroatoms. The smallest absolute Gasteiger partial charge is 0.331 e. The Morgan fingerprint density at radius 3 is 2.37 bits per heavy atom. The van der Waals surface area contributed by atoms with Crippen LogP contribution in [0.25, 0.3) is 0 Å². The van der Waals surface area contributed by atoms with Gasteiger partial charge < -0.3 is 10.4 Å². The summed E-state index contributed by atoms with van der Waals surface area (Å²) < 4.78 is 1.10. The van der Waals surface area contributed by atoms with Gasteiger partial charge >= 0.3 is 5.69 Å². The van der Waals surface area contributed by atoms with Crippen molar-refractivity contribution in [2.75, 3.05) is 5.32 Å². The molecule has 0 radical (unpaired) electrons. The van der Waals surface area contributed by atoms with E-state index in [9.17, 15) is 14.7 Å². The van der Waals surface area contributed by atoms with Crippen molar-refractivity contribution >= 4 is 28.7 Å². The Kier molecular flexibility index (Phi) is 6.76. The zero-order valence-electron chi connectivity index (χ0n) is 16.3. The number of para-hydroxylation sites is 1. The second-order valence-electron chi connectivity index (χ2n) is 6.37. The number of aromatic nitrogens is 2. The molecular formula is C21H21N5O3S. The molecule has 0 unspecified atom stereocenters. The van der Waals surface area contributed by atoms with E-state index in [-0.39, 0.29) is 22.9 Å². The third kappa shape index (κ3) is 5.00. The molecule has 0 fully saturated rings. The summed E-state index contributed by atoms with van der Waals surface area (Å²) in [5.41, 5.74) is 3.02. The number of nitrogens with one attached hydrogen (secondary N) is 3. The lowest BCUT2D eigenvalue weighted by atomic mass is 10.1. The van der Waals surface area contributed by atoms with Crippen LogP contribution >= 0.6 is 12.2 Å². The first kappa shape index (κ1) is 21.0. The molecule has 0 amide bonds. The van der Waals surface area contributed by atoms with E-state index in [0.717, 1.165) is 15.8 Å². The summed E-state index contributed by atoms with van der Waals surface area (Å²) in [5.74, 6) is -0.447. The summed E-state index contributed by atoms with van der Waals surface area (Å²) in [4.78, 5) is 26.9. The molecule has 0 saturated carbocycles. The summed E-state index contributed by atoms with van der Waals surface area (Å²) in [6.45, 7) is 1.88. The highest BCUT2D eigenvalue weighted by molar-refractivity contribution is 7.80. The average molecular weight is 423 g/mol. The number of nitrogens with zero attached hydrogens (tertiary/aromatic N) is 2. The van der Waals surface area contributed by atoms with E-state index in [4.69, 9.17) is 12.2 Å². The van der Waals surface area contributed by atoms with Crippen molar-refractivity contribution in [3.63, 3.8) is 0 Å². The van der Waals surface area contributed by atoms with Crippen LogP contribution in [0.3, 0.4) is 0 Å². The SMILES string of the molecule is CC/C(=N\NC(=S)Nc1ccccc1)c1c(O)n(Cc2ccccc2)c(=O)[nH]c1=O. The van der Waals surface area contributed by atoms with E-state index in [1.165, 1.54) is 0 Å². The molecule has 1 aromatic heterocycles. The van der Waals surface area contributed by atoms with Gasteiger partial charge in [0.1, 0.15) is 5.56 Å². The van der Waals surface area contributed by atoms with E-state index in [2.05, 4.69) is 20.8 Å². The van der Waals surface area contributed by atoms with Crippen LogP contribution in [0.15, 0.2) is 75.4 Å². The number of hydrogen-bond donors (Lipinski definition) is 4. The minimum absolute atomic E-state index is 0.0805. The fourth-order valence-corrected chi connectivity index (χ4v) is 3.01. The summed E-state index contributed by atoms with van der Waals surface area (Å²) in [7, 11) is 0. The number of hydrazone groups is 1. The van der Waals surface area contributed by atoms with Crippen LogP contribution in [-0.2, 0) is 6.54 Å². The molecule has 0 atom stereocenters. The van der Waals surface area contributed by atoms with Gasteiger partial charge in [0.2, 0.25) is 5.88 Å². The Hall–Kier alpha value is -3.72. The Labute approximate surface area is 177 Å². The van der Waals surface area contributed by atoms with Gasteiger partial charge in [0, 0.05) is 5.69 Å². The van der Waals surface area contributed by atoms with Crippen LogP contribution in [0.5, 0.6) is 5.88 Å². The minimum Gasteiger partial charge on any atom is -0.494 e. The molecule has 1 heterocycles. The van der Waals surface area contributed by atoms with Crippen LogP contribution in [0.2, 0.25) is 0 Å². The van der Waals surface area contributed by atoms with Crippen LogP contribution in [-0.4, -0.2) is 25.5 Å². The second-order valence-corrected chi connectivity index (χ2v) is 6.78. The molecule has 0 aliphatic rings. The van der Waals surface area contributed by atoms with Crippen molar-refractivity contribution in [3.05, 3.63) is 92.6 Å².